The summed E-state index contributed by atoms with van der Waals surface area (Å²) in [6.07, 6.45) is 18.7. The molecule has 0 aromatic rings. The molecule has 0 N–H and O–H groups in total. The molecule has 0 aliphatic heterocycles. The Morgan fingerprint density at radius 3 is 1.56 bits per heavy atom. The fourth-order valence-electron chi connectivity index (χ4n) is 3.75. The van der Waals surface area contributed by atoms with Crippen LogP contribution in [0.2, 0.25) is 23.2 Å². The first-order chi connectivity index (χ1) is 8.16. The van der Waals surface area contributed by atoms with Crippen molar-refractivity contribution in [3.8, 4) is 0 Å². The van der Waals surface area contributed by atoms with Crippen molar-refractivity contribution in [2.24, 2.45) is 5.41 Å². The lowest BCUT2D eigenvalue weighted by Gasteiger charge is -2.55. The minimum Gasteiger partial charge on any atom is -0.0775 e. The first-order valence-electron chi connectivity index (χ1n) is 6.90. The van der Waals surface area contributed by atoms with Crippen LogP contribution in [0.1, 0.15) is 27.7 Å². The molecule has 0 saturated heterocycles. The molecule has 0 heterocycles. The van der Waals surface area contributed by atoms with Crippen LogP contribution in [0.25, 0.3) is 0 Å². The van der Waals surface area contributed by atoms with Gasteiger partial charge >= 0.3 is 0 Å². The fraction of sp³-hybridized carbons (Fsp3) is 0.529. The molecule has 0 spiro atoms. The summed E-state index contributed by atoms with van der Waals surface area (Å²) in [6.45, 7) is 14.6. The van der Waals surface area contributed by atoms with Crippen LogP contribution in [0.3, 0.4) is 0 Å². The van der Waals surface area contributed by atoms with E-state index < -0.39 is 8.07 Å². The third kappa shape index (κ3) is 1.56. The monoisotopic (exact) mass is 258 g/mol. The Morgan fingerprint density at radius 1 is 0.778 bits per heavy atom. The molecule has 0 radical (unpaired) electrons. The van der Waals surface area contributed by atoms with Gasteiger partial charge in [-0.1, -0.05) is 89.4 Å². The van der Waals surface area contributed by atoms with Crippen molar-refractivity contribution >= 4 is 8.07 Å². The van der Waals surface area contributed by atoms with E-state index in [1.807, 2.05) is 0 Å². The maximum atomic E-state index is 2.54. The Balaban J connectivity index is 2.57. The van der Waals surface area contributed by atoms with Gasteiger partial charge in [0.25, 0.3) is 0 Å². The van der Waals surface area contributed by atoms with E-state index in [0.717, 1.165) is 0 Å². The second-order valence-electron chi connectivity index (χ2n) is 7.46. The highest BCUT2D eigenvalue weighted by atomic mass is 28.3. The van der Waals surface area contributed by atoms with Crippen LogP contribution in [0.4, 0.5) is 0 Å². The average Bonchev–Trinajstić information content (AvgIpc) is 2.84. The molecule has 1 heteroatoms. The van der Waals surface area contributed by atoms with Gasteiger partial charge in [0.1, 0.15) is 0 Å². The van der Waals surface area contributed by atoms with Crippen LogP contribution in [-0.2, 0) is 0 Å². The zero-order chi connectivity index (χ0) is 13.7. The van der Waals surface area contributed by atoms with Gasteiger partial charge in [0.2, 0.25) is 0 Å². The summed E-state index contributed by atoms with van der Waals surface area (Å²) < 4.78 is 0. The molecule has 18 heavy (non-hydrogen) atoms. The van der Waals surface area contributed by atoms with Crippen LogP contribution in [-0.4, -0.2) is 8.07 Å². The molecule has 0 saturated carbocycles. The van der Waals surface area contributed by atoms with Gasteiger partial charge in [-0.05, 0) is 10.5 Å². The first-order valence-corrected chi connectivity index (χ1v) is 9.90. The van der Waals surface area contributed by atoms with E-state index in [-0.39, 0.29) is 15.5 Å². The molecule has 2 rings (SSSR count). The molecule has 0 bridgehead atoms. The number of allylic oxidation sites excluding steroid dienone is 8. The van der Waals surface area contributed by atoms with Crippen molar-refractivity contribution in [1.82, 2.24) is 0 Å². The van der Waals surface area contributed by atoms with Gasteiger partial charge in [-0.15, -0.1) is 0 Å². The summed E-state index contributed by atoms with van der Waals surface area (Å²) in [5.41, 5.74) is 0.263. The van der Waals surface area contributed by atoms with Gasteiger partial charge in [0, 0.05) is 5.04 Å². The summed E-state index contributed by atoms with van der Waals surface area (Å²) in [6, 6.07) is 0. The van der Waals surface area contributed by atoms with Crippen molar-refractivity contribution in [3.63, 3.8) is 0 Å². The quantitative estimate of drug-likeness (QED) is 0.574. The second kappa shape index (κ2) is 3.83. The summed E-state index contributed by atoms with van der Waals surface area (Å²) in [7, 11) is -1.59. The zero-order valence-corrected chi connectivity index (χ0v) is 13.6. The van der Waals surface area contributed by atoms with Gasteiger partial charge in [-0.25, -0.2) is 0 Å². The van der Waals surface area contributed by atoms with Crippen LogP contribution in [0, 0.1) is 5.41 Å². The maximum Gasteiger partial charge on any atom is 0.0778 e. The van der Waals surface area contributed by atoms with Crippen LogP contribution in [0.5, 0.6) is 0 Å². The van der Waals surface area contributed by atoms with Gasteiger partial charge < -0.3 is 0 Å². The highest BCUT2D eigenvalue weighted by molar-refractivity contribution is 6.85. The van der Waals surface area contributed by atoms with Crippen molar-refractivity contribution in [2.75, 3.05) is 0 Å². The lowest BCUT2D eigenvalue weighted by atomic mass is 9.80. The first kappa shape index (κ1) is 13.6. The predicted octanol–water partition coefficient (Wildman–Crippen LogP) is 5.49. The molecule has 0 fully saturated rings. The Morgan fingerprint density at radius 2 is 1.17 bits per heavy atom. The van der Waals surface area contributed by atoms with Crippen molar-refractivity contribution < 1.29 is 0 Å². The largest absolute Gasteiger partial charge is 0.0778 e. The number of hydrogen-bond donors (Lipinski definition) is 0. The molecule has 0 nitrogen and oxygen atoms in total. The Labute approximate surface area is 113 Å². The fourth-order valence-corrected chi connectivity index (χ4v) is 8.57. The van der Waals surface area contributed by atoms with Crippen LogP contribution >= 0.6 is 0 Å². The van der Waals surface area contributed by atoms with Gasteiger partial charge in [-0.2, -0.15) is 0 Å². The van der Waals surface area contributed by atoms with Crippen LogP contribution < -0.4 is 0 Å². The molecular weight excluding hydrogens is 232 g/mol. The second-order valence-corrected chi connectivity index (χ2v) is 12.6. The Bertz CT molecular complexity index is 428. The SMILES string of the molecule is CC(C)(C)C1([Si](C)(C)C2(C)C=CC=C2)C=CC=C1. The topological polar surface area (TPSA) is 0 Å². The van der Waals surface area contributed by atoms with Gasteiger partial charge in [0.15, 0.2) is 0 Å². The molecule has 0 unspecified atom stereocenters. The minimum atomic E-state index is -1.59. The van der Waals surface area contributed by atoms with Crippen molar-refractivity contribution in [2.45, 2.75) is 50.9 Å². The lowest BCUT2D eigenvalue weighted by Crippen LogP contribution is -2.53. The molecule has 2 aliphatic rings. The molecular formula is C17H26Si. The lowest BCUT2D eigenvalue weighted by molar-refractivity contribution is 0.345. The maximum absolute atomic E-state index is 2.54. The molecule has 98 valence electrons. The highest BCUT2D eigenvalue weighted by Crippen LogP contribution is 2.65. The van der Waals surface area contributed by atoms with E-state index >= 15 is 0 Å². The van der Waals surface area contributed by atoms with Gasteiger partial charge in [0.05, 0.1) is 8.07 Å². The zero-order valence-electron chi connectivity index (χ0n) is 12.6. The Kier molecular flexibility index (Phi) is 2.90. The predicted molar refractivity (Wildman–Crippen MR) is 84.6 cm³/mol. The molecule has 0 amide bonds. The van der Waals surface area contributed by atoms with E-state index in [4.69, 9.17) is 0 Å². The minimum absolute atomic E-state index is 0.230. The average molecular weight is 258 g/mol. The normalized spacial score (nSPS) is 24.1. The van der Waals surface area contributed by atoms with E-state index in [0.29, 0.717) is 0 Å². The van der Waals surface area contributed by atoms with E-state index in [1.165, 1.54) is 0 Å². The standard InChI is InChI=1S/C17H26Si/c1-15(2,3)17(13-9-10-14-17)18(5,6)16(4)11-7-8-12-16/h7-14H,1-6H3. The Hall–Kier alpha value is -0.823. The van der Waals surface area contributed by atoms with Crippen molar-refractivity contribution in [1.29, 1.82) is 0 Å². The highest BCUT2D eigenvalue weighted by Gasteiger charge is 2.58. The van der Waals surface area contributed by atoms with Crippen LogP contribution in [0.15, 0.2) is 48.6 Å². The van der Waals surface area contributed by atoms with E-state index in [2.05, 4.69) is 89.4 Å². The van der Waals surface area contributed by atoms with Gasteiger partial charge in [-0.3, -0.25) is 0 Å². The van der Waals surface area contributed by atoms with E-state index in [9.17, 15) is 0 Å². The number of hydrogen-bond acceptors (Lipinski definition) is 0. The van der Waals surface area contributed by atoms with E-state index in [1.54, 1.807) is 0 Å². The van der Waals surface area contributed by atoms with Crippen molar-refractivity contribution in [3.05, 3.63) is 48.6 Å². The summed E-state index contributed by atoms with van der Waals surface area (Å²) in [4.78, 5) is 0. The molecule has 0 atom stereocenters. The summed E-state index contributed by atoms with van der Waals surface area (Å²) in [5.74, 6) is 0. The molecule has 2 aliphatic carbocycles. The number of rotatable bonds is 2. The smallest absolute Gasteiger partial charge is 0.0775 e. The summed E-state index contributed by atoms with van der Waals surface area (Å²) in [5, 5.41) is 0.479. The third-order valence-electron chi connectivity index (χ3n) is 5.45. The third-order valence-corrected chi connectivity index (χ3v) is 11.6. The molecule has 0 aromatic heterocycles. The molecule has 0 aromatic carbocycles. The summed E-state index contributed by atoms with van der Waals surface area (Å²) >= 11 is 0.